The van der Waals surface area contributed by atoms with Crippen molar-refractivity contribution in [1.82, 2.24) is 4.72 Å². The van der Waals surface area contributed by atoms with Crippen molar-refractivity contribution in [1.29, 1.82) is 0 Å². The summed E-state index contributed by atoms with van der Waals surface area (Å²) in [6.45, 7) is 6.58. The SMILES string of the molecule is CC(=O)NSCCN1c2ccc(Cl)cc2C2(CCCCC2)c2cc(Cl)ccc21.CCC. The molecule has 1 N–H and O–H groups in total. The quantitative estimate of drug-likeness (QED) is 0.357. The first-order valence-corrected chi connectivity index (χ1v) is 12.9. The maximum Gasteiger partial charge on any atom is 0.226 e. The third-order valence-corrected chi connectivity index (χ3v) is 7.16. The summed E-state index contributed by atoms with van der Waals surface area (Å²) in [6.07, 6.45) is 7.22. The van der Waals surface area contributed by atoms with Crippen LogP contribution in [0.25, 0.3) is 0 Å². The number of fused-ring (bicyclic) bond motifs is 4. The number of nitrogens with zero attached hydrogens (tertiary/aromatic N) is 1. The second-order valence-corrected chi connectivity index (χ2v) is 10.1. The van der Waals surface area contributed by atoms with Crippen LogP contribution in [0.3, 0.4) is 0 Å². The van der Waals surface area contributed by atoms with E-state index in [2.05, 4.69) is 47.7 Å². The van der Waals surface area contributed by atoms with Crippen LogP contribution in [-0.4, -0.2) is 18.2 Å². The Morgan fingerprint density at radius 3 is 2.00 bits per heavy atom. The monoisotopic (exact) mass is 478 g/mol. The molecule has 0 aromatic heterocycles. The van der Waals surface area contributed by atoms with E-state index < -0.39 is 0 Å². The van der Waals surface area contributed by atoms with Crippen LogP contribution in [-0.2, 0) is 10.2 Å². The number of amides is 1. The Balaban J connectivity index is 0.000000858. The van der Waals surface area contributed by atoms with Gasteiger partial charge in [-0.2, -0.15) is 0 Å². The van der Waals surface area contributed by atoms with Crippen molar-refractivity contribution < 1.29 is 4.79 Å². The Hall–Kier alpha value is -1.36. The predicted molar refractivity (Wildman–Crippen MR) is 136 cm³/mol. The van der Waals surface area contributed by atoms with Crippen molar-refractivity contribution in [3.05, 3.63) is 57.6 Å². The summed E-state index contributed by atoms with van der Waals surface area (Å²) in [6, 6.07) is 12.6. The molecule has 4 rings (SSSR count). The number of carbonyl (C=O) groups is 1. The van der Waals surface area contributed by atoms with Crippen molar-refractivity contribution in [2.45, 2.75) is 64.7 Å². The van der Waals surface area contributed by atoms with E-state index in [1.807, 2.05) is 12.1 Å². The fourth-order valence-electron chi connectivity index (χ4n) is 4.75. The van der Waals surface area contributed by atoms with Gasteiger partial charge in [0.05, 0.1) is 0 Å². The maximum atomic E-state index is 11.2. The Morgan fingerprint density at radius 2 is 1.52 bits per heavy atom. The lowest BCUT2D eigenvalue weighted by Gasteiger charge is -2.47. The molecule has 1 fully saturated rings. The average Bonchev–Trinajstić information content (AvgIpc) is 2.75. The summed E-state index contributed by atoms with van der Waals surface area (Å²) >= 11 is 14.3. The summed E-state index contributed by atoms with van der Waals surface area (Å²) in [5.41, 5.74) is 5.08. The van der Waals surface area contributed by atoms with Gasteiger partial charge in [0.2, 0.25) is 5.91 Å². The Kier molecular flexibility index (Phi) is 8.60. The molecule has 1 heterocycles. The highest BCUT2D eigenvalue weighted by Crippen LogP contribution is 2.56. The van der Waals surface area contributed by atoms with Crippen molar-refractivity contribution in [2.75, 3.05) is 17.2 Å². The zero-order chi connectivity index (χ0) is 22.4. The molecule has 0 unspecified atom stereocenters. The lowest BCUT2D eigenvalue weighted by atomic mass is 9.63. The third-order valence-electron chi connectivity index (χ3n) is 5.87. The van der Waals surface area contributed by atoms with Crippen LogP contribution in [0, 0.1) is 0 Å². The van der Waals surface area contributed by atoms with Gasteiger partial charge >= 0.3 is 0 Å². The molecule has 1 aliphatic heterocycles. The molecule has 1 aliphatic carbocycles. The first-order chi connectivity index (χ1) is 14.9. The predicted octanol–water partition coefficient (Wildman–Crippen LogP) is 7.90. The summed E-state index contributed by atoms with van der Waals surface area (Å²) < 4.78 is 2.82. The topological polar surface area (TPSA) is 32.3 Å². The zero-order valence-corrected chi connectivity index (χ0v) is 21.0. The summed E-state index contributed by atoms with van der Waals surface area (Å²) in [7, 11) is 0. The van der Waals surface area contributed by atoms with Crippen LogP contribution in [0.2, 0.25) is 10.0 Å². The first kappa shape index (κ1) is 24.3. The fourth-order valence-corrected chi connectivity index (χ4v) is 5.68. The molecule has 1 spiro atoms. The van der Waals surface area contributed by atoms with E-state index in [1.165, 1.54) is 67.1 Å². The van der Waals surface area contributed by atoms with E-state index in [4.69, 9.17) is 23.2 Å². The number of benzene rings is 2. The van der Waals surface area contributed by atoms with Crippen molar-refractivity contribution in [3.63, 3.8) is 0 Å². The van der Waals surface area contributed by atoms with E-state index in [0.29, 0.717) is 0 Å². The van der Waals surface area contributed by atoms with Crippen molar-refractivity contribution >= 4 is 52.4 Å². The minimum atomic E-state index is -0.0239. The second kappa shape index (κ2) is 11.0. The van der Waals surface area contributed by atoms with Gasteiger partial charge in [0.25, 0.3) is 0 Å². The lowest BCUT2D eigenvalue weighted by molar-refractivity contribution is -0.117. The molecule has 0 atom stereocenters. The number of hydrogen-bond acceptors (Lipinski definition) is 3. The fraction of sp³-hybridized carbons (Fsp3) is 0.480. The maximum absolute atomic E-state index is 11.2. The minimum absolute atomic E-state index is 0.0139. The average molecular weight is 480 g/mol. The molecule has 2 aromatic carbocycles. The van der Waals surface area contributed by atoms with Gasteiger partial charge in [0.1, 0.15) is 0 Å². The molecule has 6 heteroatoms. The van der Waals surface area contributed by atoms with Crippen LogP contribution in [0.1, 0.15) is 70.4 Å². The molecule has 2 aliphatic rings. The summed E-state index contributed by atoms with van der Waals surface area (Å²) in [5.74, 6) is 0.764. The Labute approximate surface area is 201 Å². The van der Waals surface area contributed by atoms with Gasteiger partial charge in [-0.25, -0.2) is 0 Å². The second-order valence-electron chi connectivity index (χ2n) is 8.33. The number of anilines is 2. The van der Waals surface area contributed by atoms with Gasteiger partial charge in [0.15, 0.2) is 0 Å². The van der Waals surface area contributed by atoms with E-state index in [9.17, 15) is 4.79 Å². The van der Waals surface area contributed by atoms with Gasteiger partial charge < -0.3 is 9.62 Å². The number of halogens is 2. The van der Waals surface area contributed by atoms with Gasteiger partial charge in [-0.05, 0) is 72.3 Å². The zero-order valence-electron chi connectivity index (χ0n) is 18.6. The highest BCUT2D eigenvalue weighted by molar-refractivity contribution is 7.97. The van der Waals surface area contributed by atoms with Crippen LogP contribution in [0.5, 0.6) is 0 Å². The molecule has 3 nitrogen and oxygen atoms in total. The highest BCUT2D eigenvalue weighted by Gasteiger charge is 2.44. The number of nitrogens with one attached hydrogen (secondary N) is 1. The molecule has 31 heavy (non-hydrogen) atoms. The molecule has 1 saturated carbocycles. The lowest BCUT2D eigenvalue weighted by Crippen LogP contribution is -2.39. The van der Waals surface area contributed by atoms with Crippen LogP contribution < -0.4 is 9.62 Å². The smallest absolute Gasteiger partial charge is 0.226 e. The highest BCUT2D eigenvalue weighted by atomic mass is 35.5. The van der Waals surface area contributed by atoms with E-state index >= 15 is 0 Å². The Bertz CT molecular complexity index is 857. The van der Waals surface area contributed by atoms with Crippen LogP contribution in [0.4, 0.5) is 11.4 Å². The number of carbonyl (C=O) groups excluding carboxylic acids is 1. The van der Waals surface area contributed by atoms with Gasteiger partial charge in [0, 0.05) is 46.1 Å². The molecule has 0 bridgehead atoms. The van der Waals surface area contributed by atoms with Crippen molar-refractivity contribution in [2.24, 2.45) is 0 Å². The normalized spacial score (nSPS) is 16.1. The standard InChI is InChI=1S/C22H24Cl2N2OS.C3H8/c1-15(27)25-28-12-11-26-20-7-5-16(23)13-18(20)22(9-3-2-4-10-22)19-14-17(24)6-8-21(19)26;1-3-2/h5-8,13-14H,2-4,9-12H2,1H3,(H,25,27);3H2,1-2H3. The third kappa shape index (κ3) is 5.35. The Morgan fingerprint density at radius 1 is 1.00 bits per heavy atom. The summed E-state index contributed by atoms with van der Waals surface area (Å²) in [5, 5.41) is 1.56. The summed E-state index contributed by atoms with van der Waals surface area (Å²) in [4.78, 5) is 13.5. The molecule has 168 valence electrons. The van der Waals surface area contributed by atoms with E-state index in [1.54, 1.807) is 0 Å². The molecule has 1 amide bonds. The number of hydrogen-bond donors (Lipinski definition) is 1. The number of rotatable bonds is 4. The van der Waals surface area contributed by atoms with E-state index in [0.717, 1.165) is 35.2 Å². The van der Waals surface area contributed by atoms with Gasteiger partial charge in [-0.1, -0.05) is 62.7 Å². The molecular formula is C25H32Cl2N2OS. The molecule has 0 saturated heterocycles. The van der Waals surface area contributed by atoms with Crippen LogP contribution in [0.15, 0.2) is 36.4 Å². The van der Waals surface area contributed by atoms with Crippen LogP contribution >= 0.6 is 35.1 Å². The molecule has 0 radical (unpaired) electrons. The van der Waals surface area contributed by atoms with Gasteiger partial charge in [-0.3, -0.25) is 4.79 Å². The minimum Gasteiger partial charge on any atom is -0.340 e. The largest absolute Gasteiger partial charge is 0.340 e. The molecular weight excluding hydrogens is 447 g/mol. The van der Waals surface area contributed by atoms with Gasteiger partial charge in [-0.15, -0.1) is 0 Å². The molecule has 2 aromatic rings. The van der Waals surface area contributed by atoms with Crippen molar-refractivity contribution in [3.8, 4) is 0 Å². The van der Waals surface area contributed by atoms with E-state index in [-0.39, 0.29) is 11.3 Å². The first-order valence-electron chi connectivity index (χ1n) is 11.2.